The van der Waals surface area contributed by atoms with Gasteiger partial charge in [-0.3, -0.25) is 4.79 Å². The third-order valence-electron chi connectivity index (χ3n) is 2.35. The molecule has 4 heteroatoms. The van der Waals surface area contributed by atoms with Crippen molar-refractivity contribution in [3.63, 3.8) is 0 Å². The zero-order valence-electron chi connectivity index (χ0n) is 9.03. The molecule has 0 aromatic rings. The Bertz CT molecular complexity index is 195. The van der Waals surface area contributed by atoms with Gasteiger partial charge in [-0.15, -0.1) is 0 Å². The zero-order chi connectivity index (χ0) is 10.6. The van der Waals surface area contributed by atoms with Gasteiger partial charge in [-0.1, -0.05) is 0 Å². The molecule has 0 aliphatic carbocycles. The van der Waals surface area contributed by atoms with Crippen molar-refractivity contribution >= 4 is 5.91 Å². The lowest BCUT2D eigenvalue weighted by molar-refractivity contribution is -0.134. The number of hydrogen-bond acceptors (Lipinski definition) is 3. The van der Waals surface area contributed by atoms with Gasteiger partial charge in [0.2, 0.25) is 5.91 Å². The van der Waals surface area contributed by atoms with Crippen molar-refractivity contribution in [1.29, 1.82) is 0 Å². The number of nitrogens with two attached hydrogens (primary N) is 1. The van der Waals surface area contributed by atoms with Crippen molar-refractivity contribution in [2.75, 3.05) is 19.7 Å². The second kappa shape index (κ2) is 5.32. The number of carbonyl (C=O) groups excluding carboxylic acids is 1. The maximum absolute atomic E-state index is 11.4. The highest BCUT2D eigenvalue weighted by molar-refractivity contribution is 5.77. The number of hydrogen-bond donors (Lipinski definition) is 1. The van der Waals surface area contributed by atoms with Gasteiger partial charge >= 0.3 is 0 Å². The van der Waals surface area contributed by atoms with Crippen LogP contribution in [0.2, 0.25) is 0 Å². The molecule has 0 aromatic carbocycles. The number of ether oxygens (including phenoxy) is 1. The molecule has 2 N–H and O–H groups in total. The van der Waals surface area contributed by atoms with Crippen molar-refractivity contribution in [2.45, 2.75) is 38.8 Å². The topological polar surface area (TPSA) is 55.6 Å². The van der Waals surface area contributed by atoms with E-state index in [2.05, 4.69) is 0 Å². The molecule has 14 heavy (non-hydrogen) atoms. The summed E-state index contributed by atoms with van der Waals surface area (Å²) in [4.78, 5) is 13.2. The predicted molar refractivity (Wildman–Crippen MR) is 54.9 cm³/mol. The second-order valence-corrected chi connectivity index (χ2v) is 4.06. The van der Waals surface area contributed by atoms with Crippen molar-refractivity contribution in [3.05, 3.63) is 0 Å². The largest absolute Gasteiger partial charge is 0.377 e. The summed E-state index contributed by atoms with van der Waals surface area (Å²) in [6.45, 7) is 5.94. The Morgan fingerprint density at radius 2 is 2.36 bits per heavy atom. The molecule has 1 saturated heterocycles. The van der Waals surface area contributed by atoms with Gasteiger partial charge in [-0.2, -0.15) is 0 Å². The summed E-state index contributed by atoms with van der Waals surface area (Å²) in [5, 5.41) is 0. The Morgan fingerprint density at radius 3 is 3.00 bits per heavy atom. The minimum atomic E-state index is 0.145. The lowest BCUT2D eigenvalue weighted by atomic mass is 10.1. The Hall–Kier alpha value is -0.610. The van der Waals surface area contributed by atoms with Crippen LogP contribution in [-0.2, 0) is 9.53 Å². The predicted octanol–water partition coefficient (Wildman–Crippen LogP) is 0.361. The van der Waals surface area contributed by atoms with Gasteiger partial charge in [0.15, 0.2) is 0 Å². The van der Waals surface area contributed by atoms with E-state index in [4.69, 9.17) is 10.5 Å². The van der Waals surface area contributed by atoms with Gasteiger partial charge in [0, 0.05) is 25.6 Å². The summed E-state index contributed by atoms with van der Waals surface area (Å²) in [7, 11) is 0. The van der Waals surface area contributed by atoms with Crippen LogP contribution in [0.3, 0.4) is 0 Å². The molecular formula is C10H20N2O2. The van der Waals surface area contributed by atoms with Crippen LogP contribution in [0.15, 0.2) is 0 Å². The number of likely N-dealkylation sites (tertiary alicyclic amines) is 1. The number of nitrogens with zero attached hydrogens (tertiary/aromatic N) is 1. The van der Waals surface area contributed by atoms with Gasteiger partial charge < -0.3 is 15.4 Å². The van der Waals surface area contributed by atoms with Crippen LogP contribution < -0.4 is 5.73 Å². The van der Waals surface area contributed by atoms with E-state index in [0.29, 0.717) is 26.1 Å². The first-order valence-electron chi connectivity index (χ1n) is 5.24. The summed E-state index contributed by atoms with van der Waals surface area (Å²) >= 11 is 0. The van der Waals surface area contributed by atoms with E-state index in [1.807, 2.05) is 13.8 Å². The van der Waals surface area contributed by atoms with E-state index in [9.17, 15) is 4.79 Å². The highest BCUT2D eigenvalue weighted by atomic mass is 16.5. The SMILES string of the molecule is CC(C)OCCN1CC(N)CCC1=O. The maximum atomic E-state index is 11.4. The molecule has 4 nitrogen and oxygen atoms in total. The summed E-state index contributed by atoms with van der Waals surface area (Å²) in [5.74, 6) is 0.207. The molecule has 0 radical (unpaired) electrons. The molecule has 1 heterocycles. The van der Waals surface area contributed by atoms with E-state index < -0.39 is 0 Å². The third kappa shape index (κ3) is 3.64. The first kappa shape index (κ1) is 11.5. The molecule has 1 aliphatic rings. The van der Waals surface area contributed by atoms with Gasteiger partial charge in [0.25, 0.3) is 0 Å². The molecule has 0 aromatic heterocycles. The number of rotatable bonds is 4. The van der Waals surface area contributed by atoms with Crippen LogP contribution in [0.1, 0.15) is 26.7 Å². The van der Waals surface area contributed by atoms with Crippen molar-refractivity contribution in [2.24, 2.45) is 5.73 Å². The van der Waals surface area contributed by atoms with Crippen molar-refractivity contribution in [1.82, 2.24) is 4.90 Å². The van der Waals surface area contributed by atoms with E-state index in [1.54, 1.807) is 4.90 Å². The Morgan fingerprint density at radius 1 is 1.64 bits per heavy atom. The summed E-state index contributed by atoms with van der Waals surface area (Å²) < 4.78 is 5.39. The molecule has 0 saturated carbocycles. The smallest absolute Gasteiger partial charge is 0.222 e. The van der Waals surface area contributed by atoms with Gasteiger partial charge in [-0.05, 0) is 20.3 Å². The Labute approximate surface area is 85.4 Å². The average molecular weight is 200 g/mol. The van der Waals surface area contributed by atoms with Crippen LogP contribution in [0.4, 0.5) is 0 Å². The monoisotopic (exact) mass is 200 g/mol. The van der Waals surface area contributed by atoms with Crippen LogP contribution in [0, 0.1) is 0 Å². The first-order chi connectivity index (χ1) is 6.59. The Balaban J connectivity index is 2.24. The molecule has 1 rings (SSSR count). The minimum Gasteiger partial charge on any atom is -0.377 e. The molecule has 1 amide bonds. The fraction of sp³-hybridized carbons (Fsp3) is 0.900. The number of amides is 1. The van der Waals surface area contributed by atoms with E-state index in [-0.39, 0.29) is 18.1 Å². The molecule has 1 atom stereocenters. The average Bonchev–Trinajstić information content (AvgIpc) is 2.10. The highest BCUT2D eigenvalue weighted by Crippen LogP contribution is 2.09. The molecule has 1 aliphatic heterocycles. The summed E-state index contributed by atoms with van der Waals surface area (Å²) in [5.41, 5.74) is 5.78. The number of piperidine rings is 1. The Kier molecular flexibility index (Phi) is 4.35. The van der Waals surface area contributed by atoms with Gasteiger partial charge in [0.1, 0.15) is 0 Å². The van der Waals surface area contributed by atoms with Crippen molar-refractivity contribution in [3.8, 4) is 0 Å². The minimum absolute atomic E-state index is 0.145. The third-order valence-corrected chi connectivity index (χ3v) is 2.35. The zero-order valence-corrected chi connectivity index (χ0v) is 9.03. The fourth-order valence-electron chi connectivity index (χ4n) is 1.56. The van der Waals surface area contributed by atoms with E-state index in [1.165, 1.54) is 0 Å². The first-order valence-corrected chi connectivity index (χ1v) is 5.24. The molecule has 82 valence electrons. The van der Waals surface area contributed by atoms with Crippen LogP contribution in [0.5, 0.6) is 0 Å². The quantitative estimate of drug-likeness (QED) is 0.713. The maximum Gasteiger partial charge on any atom is 0.222 e. The van der Waals surface area contributed by atoms with E-state index >= 15 is 0 Å². The van der Waals surface area contributed by atoms with E-state index in [0.717, 1.165) is 6.42 Å². The molecule has 0 bridgehead atoms. The number of carbonyl (C=O) groups is 1. The molecule has 1 fully saturated rings. The fourth-order valence-corrected chi connectivity index (χ4v) is 1.56. The van der Waals surface area contributed by atoms with Gasteiger partial charge in [0.05, 0.1) is 12.7 Å². The lowest BCUT2D eigenvalue weighted by Crippen LogP contribution is -2.47. The summed E-state index contributed by atoms with van der Waals surface area (Å²) in [6.07, 6.45) is 1.63. The second-order valence-electron chi connectivity index (χ2n) is 4.06. The van der Waals surface area contributed by atoms with Crippen LogP contribution in [-0.4, -0.2) is 42.6 Å². The summed E-state index contributed by atoms with van der Waals surface area (Å²) in [6, 6.07) is 0.145. The lowest BCUT2D eigenvalue weighted by Gasteiger charge is -2.30. The van der Waals surface area contributed by atoms with Crippen molar-refractivity contribution < 1.29 is 9.53 Å². The standard InChI is InChI=1S/C10H20N2O2/c1-8(2)14-6-5-12-7-9(11)3-4-10(12)13/h8-9H,3-7,11H2,1-2H3. The van der Waals surface area contributed by atoms with Gasteiger partial charge in [-0.25, -0.2) is 0 Å². The molecule has 1 unspecified atom stereocenters. The normalized spacial score (nSPS) is 23.3. The molecule has 0 spiro atoms. The molecular weight excluding hydrogens is 180 g/mol. The van der Waals surface area contributed by atoms with Crippen LogP contribution in [0.25, 0.3) is 0 Å². The van der Waals surface area contributed by atoms with Crippen LogP contribution >= 0.6 is 0 Å². The highest BCUT2D eigenvalue weighted by Gasteiger charge is 2.22.